The molecule has 0 saturated carbocycles. The van der Waals surface area contributed by atoms with Crippen LogP contribution in [0.25, 0.3) is 0 Å². The first kappa shape index (κ1) is 11.5. The molecule has 1 aromatic rings. The van der Waals surface area contributed by atoms with Crippen molar-refractivity contribution in [1.29, 1.82) is 0 Å². The second kappa shape index (κ2) is 4.29. The molecule has 1 aromatic carbocycles. The number of ether oxygens (including phenoxy) is 1. The Morgan fingerprint density at radius 3 is 2.47 bits per heavy atom. The van der Waals surface area contributed by atoms with Gasteiger partial charge in [0.05, 0.1) is 0 Å². The number of hydrogen-bond donors (Lipinski definition) is 1. The maximum absolute atomic E-state index is 13.1. The summed E-state index contributed by atoms with van der Waals surface area (Å²) in [6.07, 6.45) is -0.660. The molecule has 1 N–H and O–H groups in total. The number of hydrogen-bond acceptors (Lipinski definition) is 2. The highest BCUT2D eigenvalue weighted by molar-refractivity contribution is 5.71. The Kier molecular flexibility index (Phi) is 3.29. The first-order valence-corrected chi connectivity index (χ1v) is 4.63. The lowest BCUT2D eigenvalue weighted by Crippen LogP contribution is -2.42. The minimum absolute atomic E-state index is 0.0701. The second-order valence-electron chi connectivity index (χ2n) is 4.19. The zero-order chi connectivity index (χ0) is 11.5. The van der Waals surface area contributed by atoms with E-state index in [1.807, 2.05) is 20.8 Å². The third kappa shape index (κ3) is 3.97. The molecule has 0 fully saturated rings. The highest BCUT2D eigenvalue weighted by atomic mass is 19.1. The van der Waals surface area contributed by atoms with Crippen LogP contribution >= 0.6 is 0 Å². The Balaban J connectivity index is 2.64. The molecule has 0 unspecified atom stereocenters. The van der Waals surface area contributed by atoms with E-state index in [0.29, 0.717) is 0 Å². The topological polar surface area (TPSA) is 38.3 Å². The van der Waals surface area contributed by atoms with Crippen LogP contribution in [0.3, 0.4) is 0 Å². The van der Waals surface area contributed by atoms with Crippen LogP contribution in [-0.2, 0) is 0 Å². The minimum Gasteiger partial charge on any atom is -0.407 e. The van der Waals surface area contributed by atoms with Crippen molar-refractivity contribution in [3.63, 3.8) is 0 Å². The summed E-state index contributed by atoms with van der Waals surface area (Å²) in [5.41, 5.74) is -0.400. The fraction of sp³-hybridized carbons (Fsp3) is 0.364. The first-order valence-electron chi connectivity index (χ1n) is 4.63. The van der Waals surface area contributed by atoms with E-state index < -0.39 is 17.4 Å². The maximum Gasteiger partial charge on any atom is 0.413 e. The van der Waals surface area contributed by atoms with E-state index >= 15 is 0 Å². The van der Waals surface area contributed by atoms with Crippen LogP contribution in [0.2, 0.25) is 0 Å². The molecule has 0 heterocycles. The summed E-state index contributed by atoms with van der Waals surface area (Å²) in [6, 6.07) is 5.77. The van der Waals surface area contributed by atoms with Crippen molar-refractivity contribution in [2.24, 2.45) is 0 Å². The molecule has 4 heteroatoms. The third-order valence-corrected chi connectivity index (χ3v) is 1.52. The largest absolute Gasteiger partial charge is 0.413 e. The summed E-state index contributed by atoms with van der Waals surface area (Å²) >= 11 is 0. The number of amides is 1. The molecule has 0 aliphatic rings. The first-order chi connectivity index (χ1) is 6.88. The Morgan fingerprint density at radius 2 is 1.93 bits per heavy atom. The van der Waals surface area contributed by atoms with Crippen LogP contribution in [0.4, 0.5) is 9.18 Å². The van der Waals surface area contributed by atoms with Gasteiger partial charge in [-0.3, -0.25) is 0 Å². The Hall–Kier alpha value is -1.58. The predicted molar refractivity (Wildman–Crippen MR) is 55.3 cm³/mol. The zero-order valence-electron chi connectivity index (χ0n) is 9.00. The number of halogens is 1. The van der Waals surface area contributed by atoms with Gasteiger partial charge in [0.15, 0.2) is 11.6 Å². The lowest BCUT2D eigenvalue weighted by Gasteiger charge is -2.19. The number of rotatable bonds is 1. The second-order valence-corrected chi connectivity index (χ2v) is 4.19. The van der Waals surface area contributed by atoms with E-state index in [4.69, 9.17) is 4.74 Å². The molecule has 82 valence electrons. The summed E-state index contributed by atoms with van der Waals surface area (Å²) in [5.74, 6) is -0.624. The quantitative estimate of drug-likeness (QED) is 0.775. The normalized spacial score (nSPS) is 10.9. The Bertz CT molecular complexity index is 358. The van der Waals surface area contributed by atoms with Gasteiger partial charge < -0.3 is 10.1 Å². The average Bonchev–Trinajstić information content (AvgIpc) is 2.05. The van der Waals surface area contributed by atoms with Gasteiger partial charge in [0, 0.05) is 5.54 Å². The van der Waals surface area contributed by atoms with Crippen molar-refractivity contribution in [2.45, 2.75) is 26.3 Å². The molecule has 1 amide bonds. The van der Waals surface area contributed by atoms with Gasteiger partial charge in [0.25, 0.3) is 0 Å². The van der Waals surface area contributed by atoms with Crippen molar-refractivity contribution >= 4 is 6.09 Å². The Morgan fingerprint density at radius 1 is 1.33 bits per heavy atom. The molecule has 3 nitrogen and oxygen atoms in total. The molecule has 0 saturated heterocycles. The maximum atomic E-state index is 13.1. The van der Waals surface area contributed by atoms with Crippen LogP contribution in [0.1, 0.15) is 20.8 Å². The van der Waals surface area contributed by atoms with E-state index in [1.165, 1.54) is 18.2 Å². The van der Waals surface area contributed by atoms with Gasteiger partial charge in [-0.25, -0.2) is 9.18 Å². The molecule has 0 radical (unpaired) electrons. The lowest BCUT2D eigenvalue weighted by molar-refractivity contribution is 0.188. The van der Waals surface area contributed by atoms with E-state index in [9.17, 15) is 9.18 Å². The highest BCUT2D eigenvalue weighted by Gasteiger charge is 2.16. The SMILES string of the molecule is CC(C)(C)NC(=O)Oc1ccccc1F. The molecule has 0 aliphatic heterocycles. The molecule has 0 aromatic heterocycles. The van der Waals surface area contributed by atoms with Crippen molar-refractivity contribution < 1.29 is 13.9 Å². The van der Waals surface area contributed by atoms with Gasteiger partial charge in [0.1, 0.15) is 0 Å². The van der Waals surface area contributed by atoms with Gasteiger partial charge in [-0.2, -0.15) is 0 Å². The van der Waals surface area contributed by atoms with Crippen molar-refractivity contribution in [2.75, 3.05) is 0 Å². The van der Waals surface area contributed by atoms with E-state index in [0.717, 1.165) is 0 Å². The molecule has 0 atom stereocenters. The molecular weight excluding hydrogens is 197 g/mol. The molecular formula is C11H14FNO2. The van der Waals surface area contributed by atoms with Gasteiger partial charge in [-0.15, -0.1) is 0 Å². The van der Waals surface area contributed by atoms with E-state index in [1.54, 1.807) is 6.07 Å². The Labute approximate surface area is 88.2 Å². The minimum atomic E-state index is -0.660. The van der Waals surface area contributed by atoms with E-state index in [2.05, 4.69) is 5.32 Å². The summed E-state index contributed by atoms with van der Waals surface area (Å²) in [4.78, 5) is 11.3. The van der Waals surface area contributed by atoms with Crippen LogP contribution in [0.15, 0.2) is 24.3 Å². The number of benzene rings is 1. The van der Waals surface area contributed by atoms with Crippen molar-refractivity contribution in [3.8, 4) is 5.75 Å². The van der Waals surface area contributed by atoms with Gasteiger partial charge in [-0.1, -0.05) is 12.1 Å². The number of para-hydroxylation sites is 1. The highest BCUT2D eigenvalue weighted by Crippen LogP contribution is 2.15. The van der Waals surface area contributed by atoms with Gasteiger partial charge >= 0.3 is 6.09 Å². The summed E-state index contributed by atoms with van der Waals surface area (Å²) in [6.45, 7) is 5.45. The van der Waals surface area contributed by atoms with Crippen molar-refractivity contribution in [3.05, 3.63) is 30.1 Å². The molecule has 0 bridgehead atoms. The third-order valence-electron chi connectivity index (χ3n) is 1.52. The van der Waals surface area contributed by atoms with Gasteiger partial charge in [0.2, 0.25) is 0 Å². The smallest absolute Gasteiger partial charge is 0.407 e. The van der Waals surface area contributed by atoms with E-state index in [-0.39, 0.29) is 5.75 Å². The monoisotopic (exact) mass is 211 g/mol. The predicted octanol–water partition coefficient (Wildman–Crippen LogP) is 2.71. The fourth-order valence-corrected chi connectivity index (χ4v) is 0.959. The van der Waals surface area contributed by atoms with Crippen LogP contribution in [0, 0.1) is 5.82 Å². The number of carbonyl (C=O) groups is 1. The summed E-state index contributed by atoms with van der Waals surface area (Å²) in [5, 5.41) is 2.57. The van der Waals surface area contributed by atoms with Crippen LogP contribution < -0.4 is 10.1 Å². The number of carbonyl (C=O) groups excluding carboxylic acids is 1. The molecule has 0 aliphatic carbocycles. The average molecular weight is 211 g/mol. The van der Waals surface area contributed by atoms with Gasteiger partial charge in [-0.05, 0) is 32.9 Å². The summed E-state index contributed by atoms with van der Waals surface area (Å²) < 4.78 is 17.9. The molecule has 0 spiro atoms. The lowest BCUT2D eigenvalue weighted by atomic mass is 10.1. The fourth-order valence-electron chi connectivity index (χ4n) is 0.959. The molecule has 1 rings (SSSR count). The standard InChI is InChI=1S/C11H14FNO2/c1-11(2,3)13-10(14)15-9-7-5-4-6-8(9)12/h4-7H,1-3H3,(H,13,14). The van der Waals surface area contributed by atoms with Crippen LogP contribution in [0.5, 0.6) is 5.75 Å². The van der Waals surface area contributed by atoms with Crippen LogP contribution in [-0.4, -0.2) is 11.6 Å². The molecule has 15 heavy (non-hydrogen) atoms. The van der Waals surface area contributed by atoms with Crippen molar-refractivity contribution in [1.82, 2.24) is 5.32 Å². The number of nitrogens with one attached hydrogen (secondary N) is 1. The summed E-state index contributed by atoms with van der Waals surface area (Å²) in [7, 11) is 0. The zero-order valence-corrected chi connectivity index (χ0v) is 9.00.